The van der Waals surface area contributed by atoms with Crippen LogP contribution in [-0.4, -0.2) is 0 Å². The predicted octanol–water partition coefficient (Wildman–Crippen LogP) is -0.480. The summed E-state index contributed by atoms with van der Waals surface area (Å²) in [6.07, 6.45) is 0. The molecular formula is AuO4V-5. The van der Waals surface area contributed by atoms with Gasteiger partial charge >= 0.3 is 22.4 Å². The maximum Gasteiger partial charge on any atom is 3.00 e. The Morgan fingerprint density at radius 1 is 0.500 bits per heavy atom. The van der Waals surface area contributed by atoms with Crippen LogP contribution in [0.1, 0.15) is 0 Å². The molecule has 0 aromatic carbocycles. The maximum atomic E-state index is 0. The van der Waals surface area contributed by atoms with Crippen molar-refractivity contribution in [2.24, 2.45) is 0 Å². The molecule has 0 aliphatic heterocycles. The second-order valence-corrected chi connectivity index (χ2v) is 0. The van der Waals surface area contributed by atoms with E-state index in [9.17, 15) is 0 Å². The van der Waals surface area contributed by atoms with E-state index in [1.807, 2.05) is 0 Å². The molecule has 0 N–H and O–H groups in total. The van der Waals surface area contributed by atoms with E-state index in [4.69, 9.17) is 0 Å². The predicted molar refractivity (Wildman–Crippen MR) is 2.75 cm³/mol. The van der Waals surface area contributed by atoms with Crippen LogP contribution in [0.3, 0.4) is 0 Å². The largest absolute Gasteiger partial charge is 3.00 e. The van der Waals surface area contributed by atoms with Crippen LogP contribution in [0.4, 0.5) is 0 Å². The Kier molecular flexibility index (Phi) is 4060. The van der Waals surface area contributed by atoms with Gasteiger partial charge < -0.3 is 21.9 Å². The molecule has 4 nitrogen and oxygen atoms in total. The third-order valence-electron chi connectivity index (χ3n) is 0. The summed E-state index contributed by atoms with van der Waals surface area (Å²) >= 11 is 0. The van der Waals surface area contributed by atoms with E-state index in [1.54, 1.807) is 0 Å². The van der Waals surface area contributed by atoms with E-state index in [0.29, 0.717) is 0 Å². The Labute approximate surface area is 62.9 Å². The quantitative estimate of drug-likeness (QED) is 0.538. The molecule has 0 unspecified atom stereocenters. The first-order chi connectivity index (χ1) is 0. The molecule has 0 aliphatic carbocycles. The Balaban J connectivity index is 0. The van der Waals surface area contributed by atoms with Crippen molar-refractivity contribution in [1.82, 2.24) is 0 Å². The number of hydrogen-bond donors (Lipinski definition) is 0. The normalized spacial score (nSPS) is 0. The summed E-state index contributed by atoms with van der Waals surface area (Å²) in [6, 6.07) is 0. The number of hydrogen-bond acceptors (Lipinski definition) is 0. The van der Waals surface area contributed by atoms with Crippen LogP contribution in [0.5, 0.6) is 0 Å². The fraction of sp³-hybridized carbons (Fsp3) is 0. The van der Waals surface area contributed by atoms with Gasteiger partial charge in [0.25, 0.3) is 0 Å². The molecule has 0 saturated carbocycles. The molecule has 0 bridgehead atoms. The van der Waals surface area contributed by atoms with E-state index in [2.05, 4.69) is 0 Å². The van der Waals surface area contributed by atoms with Crippen LogP contribution >= 0.6 is 0 Å². The Morgan fingerprint density at radius 3 is 0.500 bits per heavy atom. The van der Waals surface area contributed by atoms with Gasteiger partial charge in [-0.05, 0) is 0 Å². The van der Waals surface area contributed by atoms with Gasteiger partial charge in [0.15, 0.2) is 0 Å². The molecule has 0 fully saturated rings. The molecule has 0 saturated heterocycles. The fourth-order valence-corrected chi connectivity index (χ4v) is 0. The van der Waals surface area contributed by atoms with E-state index >= 15 is 0 Å². The number of rotatable bonds is 0. The molecule has 45 valence electrons. The molecule has 0 atom stereocenters. The van der Waals surface area contributed by atoms with Crippen molar-refractivity contribution < 1.29 is 62.8 Å². The van der Waals surface area contributed by atoms with Gasteiger partial charge in [-0.15, -0.1) is 0 Å². The van der Waals surface area contributed by atoms with Gasteiger partial charge in [-0.1, -0.05) is 0 Å². The van der Waals surface area contributed by atoms with Gasteiger partial charge in [0.2, 0.25) is 0 Å². The summed E-state index contributed by atoms with van der Waals surface area (Å²) in [5.74, 6) is 0. The molecule has 0 aliphatic rings. The van der Waals surface area contributed by atoms with Crippen LogP contribution in [-0.2, 0) is 62.8 Å². The molecule has 1 radical (unpaired) electrons. The summed E-state index contributed by atoms with van der Waals surface area (Å²) < 4.78 is 0. The second-order valence-electron chi connectivity index (χ2n) is 0. The van der Waals surface area contributed by atoms with Crippen LogP contribution in [0, 0.1) is 0 Å². The van der Waals surface area contributed by atoms with Crippen LogP contribution in [0.2, 0.25) is 0 Å². The van der Waals surface area contributed by atoms with E-state index in [0.717, 1.165) is 0 Å². The van der Waals surface area contributed by atoms with Gasteiger partial charge in [-0.3, -0.25) is 0 Å². The molecule has 0 aromatic rings. The van der Waals surface area contributed by atoms with E-state index in [1.165, 1.54) is 0 Å². The SMILES string of the molecule is [Au+3].[O-2].[O-2].[O-2].[O-2].[V]. The van der Waals surface area contributed by atoms with Crippen LogP contribution in [0.15, 0.2) is 0 Å². The van der Waals surface area contributed by atoms with Crippen molar-refractivity contribution in [1.29, 1.82) is 0 Å². The van der Waals surface area contributed by atoms with Gasteiger partial charge in [-0.2, -0.15) is 0 Å². The molecule has 6 heavy (non-hydrogen) atoms. The van der Waals surface area contributed by atoms with Crippen molar-refractivity contribution in [2.45, 2.75) is 0 Å². The van der Waals surface area contributed by atoms with Crippen molar-refractivity contribution in [3.63, 3.8) is 0 Å². The average molecular weight is 312 g/mol. The Hall–Kier alpha value is 1.16. The molecule has 0 aromatic heterocycles. The third-order valence-corrected chi connectivity index (χ3v) is 0. The topological polar surface area (TPSA) is 114 Å². The summed E-state index contributed by atoms with van der Waals surface area (Å²) in [4.78, 5) is 0. The first kappa shape index (κ1) is 201. The smallest absolute Gasteiger partial charge is 2.00 e. The molecule has 6 heteroatoms. The average Bonchev–Trinajstić information content (AvgIpc) is 0. The minimum atomic E-state index is 0. The van der Waals surface area contributed by atoms with Crippen LogP contribution < -0.4 is 0 Å². The second kappa shape index (κ2) is 121. The molecule has 0 heterocycles. The molecular weight excluding hydrogens is 312 g/mol. The molecule has 0 rings (SSSR count). The Morgan fingerprint density at radius 2 is 0.500 bits per heavy atom. The summed E-state index contributed by atoms with van der Waals surface area (Å²) in [5.41, 5.74) is 0. The molecule has 0 spiro atoms. The first-order valence-electron chi connectivity index (χ1n) is 0. The summed E-state index contributed by atoms with van der Waals surface area (Å²) in [7, 11) is 0. The summed E-state index contributed by atoms with van der Waals surface area (Å²) in [5, 5.41) is 0. The van der Waals surface area contributed by atoms with Crippen molar-refractivity contribution in [3.05, 3.63) is 0 Å². The molecule has 0 amide bonds. The van der Waals surface area contributed by atoms with E-state index in [-0.39, 0.29) is 62.8 Å². The van der Waals surface area contributed by atoms with Crippen molar-refractivity contribution in [2.75, 3.05) is 0 Å². The Bertz CT molecular complexity index is 7.51. The van der Waals surface area contributed by atoms with Crippen molar-refractivity contribution >= 4 is 0 Å². The van der Waals surface area contributed by atoms with Gasteiger partial charge in [0.05, 0.1) is 0 Å². The van der Waals surface area contributed by atoms with E-state index < -0.39 is 0 Å². The third kappa shape index (κ3) is 66.0. The minimum absolute atomic E-state index is 0. The monoisotopic (exact) mass is 312 g/mol. The van der Waals surface area contributed by atoms with Crippen LogP contribution in [0.25, 0.3) is 0 Å². The maximum absolute atomic E-state index is 0. The zero-order chi connectivity index (χ0) is 0. The minimum Gasteiger partial charge on any atom is -2.00 e. The van der Waals surface area contributed by atoms with Gasteiger partial charge in [0.1, 0.15) is 0 Å². The zero-order valence-corrected chi connectivity index (χ0v) is 5.94. The zero-order valence-electron chi connectivity index (χ0n) is 2.38. The summed E-state index contributed by atoms with van der Waals surface area (Å²) in [6.45, 7) is 0. The standard InChI is InChI=1S/Au.4O.V/q+3;4*-2;. The van der Waals surface area contributed by atoms with Crippen molar-refractivity contribution in [3.8, 4) is 0 Å². The fourth-order valence-electron chi connectivity index (χ4n) is 0. The van der Waals surface area contributed by atoms with Gasteiger partial charge in [0, 0.05) is 18.6 Å². The van der Waals surface area contributed by atoms with Gasteiger partial charge in [-0.25, -0.2) is 0 Å². The first-order valence-corrected chi connectivity index (χ1v) is 0.